The summed E-state index contributed by atoms with van der Waals surface area (Å²) in [6, 6.07) is 0. The summed E-state index contributed by atoms with van der Waals surface area (Å²) in [6.45, 7) is 7.22. The second-order valence-electron chi connectivity index (χ2n) is 3.55. The number of carboxylic acids is 1. The van der Waals surface area contributed by atoms with Crippen LogP contribution in [0.1, 0.15) is 20.3 Å². The molecule has 0 unspecified atom stereocenters. The molecule has 0 aliphatic carbocycles. The lowest BCUT2D eigenvalue weighted by Crippen LogP contribution is -2.43. The van der Waals surface area contributed by atoms with E-state index in [1.807, 2.05) is 0 Å². The number of rotatable bonds is 5. The molecule has 0 bridgehead atoms. The van der Waals surface area contributed by atoms with Crippen LogP contribution in [0.2, 0.25) is 0 Å². The third-order valence-corrected chi connectivity index (χ3v) is 1.85. The molecule has 0 amide bonds. The van der Waals surface area contributed by atoms with Gasteiger partial charge in [-0.15, -0.1) is 0 Å². The summed E-state index contributed by atoms with van der Waals surface area (Å²) < 4.78 is 0. The quantitative estimate of drug-likeness (QED) is 0.392. The molecule has 5 N–H and O–H groups in total. The monoisotopic (exact) mass is 217 g/mol. The van der Waals surface area contributed by atoms with Crippen LogP contribution in [-0.4, -0.2) is 16.2 Å². The fourth-order valence-electron chi connectivity index (χ4n) is 0.791. The van der Waals surface area contributed by atoms with E-state index < -0.39 is 11.4 Å². The zero-order valence-electron chi connectivity index (χ0n) is 8.26. The van der Waals surface area contributed by atoms with Crippen molar-refractivity contribution in [3.63, 3.8) is 0 Å². The average molecular weight is 217 g/mol. The Kier molecular flexibility index (Phi) is 4.36. The summed E-state index contributed by atoms with van der Waals surface area (Å²) in [5, 5.41) is 8.72. The van der Waals surface area contributed by atoms with Crippen molar-refractivity contribution >= 4 is 23.3 Å². The molecular weight excluding hydrogens is 202 g/mol. The second-order valence-corrected chi connectivity index (χ2v) is 3.99. The van der Waals surface area contributed by atoms with Gasteiger partial charge in [-0.2, -0.15) is 0 Å². The fourth-order valence-corrected chi connectivity index (χ4v) is 0.842. The molecule has 0 heterocycles. The van der Waals surface area contributed by atoms with Crippen LogP contribution in [0, 0.1) is 5.41 Å². The minimum absolute atomic E-state index is 0.0160. The van der Waals surface area contributed by atoms with Gasteiger partial charge in [-0.3, -0.25) is 10.2 Å². The molecule has 5 nitrogen and oxygen atoms in total. The van der Waals surface area contributed by atoms with Gasteiger partial charge in [0.15, 0.2) is 5.11 Å². The number of aliphatic carboxylic acids is 1. The molecule has 0 fully saturated rings. The summed E-state index contributed by atoms with van der Waals surface area (Å²) >= 11 is 4.57. The SMILES string of the molecule is C=C(NNC(N)=S)C(C)(C)CC(=O)O. The molecule has 0 aliphatic rings. The number of nitrogens with one attached hydrogen (secondary N) is 2. The van der Waals surface area contributed by atoms with Crippen LogP contribution in [0.3, 0.4) is 0 Å². The highest BCUT2D eigenvalue weighted by atomic mass is 32.1. The van der Waals surface area contributed by atoms with Gasteiger partial charge in [-0.25, -0.2) is 0 Å². The average Bonchev–Trinajstić information content (AvgIpc) is 1.97. The van der Waals surface area contributed by atoms with E-state index in [0.29, 0.717) is 5.70 Å². The Balaban J connectivity index is 4.21. The van der Waals surface area contributed by atoms with Crippen molar-refractivity contribution in [1.29, 1.82) is 0 Å². The topological polar surface area (TPSA) is 87.4 Å². The van der Waals surface area contributed by atoms with Gasteiger partial charge in [0.05, 0.1) is 6.42 Å². The molecule has 0 saturated carbocycles. The molecule has 0 aromatic heterocycles. The predicted octanol–water partition coefficient (Wildman–Crippen LogP) is 0.339. The minimum Gasteiger partial charge on any atom is -0.481 e. The van der Waals surface area contributed by atoms with Gasteiger partial charge in [0.2, 0.25) is 0 Å². The first-order valence-corrected chi connectivity index (χ1v) is 4.39. The lowest BCUT2D eigenvalue weighted by Gasteiger charge is -2.26. The van der Waals surface area contributed by atoms with Gasteiger partial charge < -0.3 is 16.3 Å². The van der Waals surface area contributed by atoms with E-state index in [1.165, 1.54) is 0 Å². The van der Waals surface area contributed by atoms with Crippen LogP contribution in [0.25, 0.3) is 0 Å². The Morgan fingerprint density at radius 3 is 2.43 bits per heavy atom. The minimum atomic E-state index is -0.881. The number of hydrogen-bond donors (Lipinski definition) is 4. The van der Waals surface area contributed by atoms with E-state index in [2.05, 4.69) is 29.6 Å². The molecule has 80 valence electrons. The van der Waals surface area contributed by atoms with Crippen LogP contribution in [0.4, 0.5) is 0 Å². The first kappa shape index (κ1) is 12.7. The number of thiocarbonyl (C=S) groups is 1. The van der Waals surface area contributed by atoms with Crippen molar-refractivity contribution in [3.8, 4) is 0 Å². The predicted molar refractivity (Wildman–Crippen MR) is 58.2 cm³/mol. The Morgan fingerprint density at radius 2 is 2.07 bits per heavy atom. The molecule has 0 atom stereocenters. The first-order valence-electron chi connectivity index (χ1n) is 3.98. The van der Waals surface area contributed by atoms with Gasteiger partial charge in [-0.1, -0.05) is 20.4 Å². The van der Waals surface area contributed by atoms with Crippen LogP contribution in [0.15, 0.2) is 12.3 Å². The van der Waals surface area contributed by atoms with E-state index in [-0.39, 0.29) is 11.5 Å². The number of allylic oxidation sites excluding steroid dienone is 1. The van der Waals surface area contributed by atoms with E-state index in [9.17, 15) is 4.79 Å². The van der Waals surface area contributed by atoms with E-state index in [0.717, 1.165) is 0 Å². The van der Waals surface area contributed by atoms with Crippen molar-refractivity contribution in [2.75, 3.05) is 0 Å². The summed E-state index contributed by atoms with van der Waals surface area (Å²) in [5.74, 6) is -0.881. The number of hydrogen-bond acceptors (Lipinski definition) is 3. The zero-order valence-corrected chi connectivity index (χ0v) is 9.07. The molecule has 0 radical (unpaired) electrons. The molecule has 0 aromatic rings. The van der Waals surface area contributed by atoms with Gasteiger partial charge >= 0.3 is 5.97 Å². The van der Waals surface area contributed by atoms with Crippen molar-refractivity contribution in [2.45, 2.75) is 20.3 Å². The third kappa shape index (κ3) is 4.66. The largest absolute Gasteiger partial charge is 0.481 e. The van der Waals surface area contributed by atoms with Crippen molar-refractivity contribution in [3.05, 3.63) is 12.3 Å². The first-order chi connectivity index (χ1) is 6.25. The smallest absolute Gasteiger partial charge is 0.304 e. The third-order valence-electron chi connectivity index (χ3n) is 1.75. The lowest BCUT2D eigenvalue weighted by atomic mass is 9.86. The summed E-state index contributed by atoms with van der Waals surface area (Å²) in [5.41, 5.74) is 10.3. The van der Waals surface area contributed by atoms with Crippen molar-refractivity contribution in [2.24, 2.45) is 11.1 Å². The Bertz CT molecular complexity index is 263. The van der Waals surface area contributed by atoms with Gasteiger partial charge in [0.25, 0.3) is 0 Å². The molecule has 0 aliphatic heterocycles. The van der Waals surface area contributed by atoms with Gasteiger partial charge in [-0.05, 0) is 12.2 Å². The molecule has 6 heteroatoms. The normalized spacial score (nSPS) is 10.4. The van der Waals surface area contributed by atoms with E-state index >= 15 is 0 Å². The second kappa shape index (κ2) is 4.80. The summed E-state index contributed by atoms with van der Waals surface area (Å²) in [4.78, 5) is 10.5. The Labute approximate surface area is 88.3 Å². The molecule has 0 rings (SSSR count). The highest BCUT2D eigenvalue weighted by Gasteiger charge is 2.25. The van der Waals surface area contributed by atoms with Crippen LogP contribution in [0.5, 0.6) is 0 Å². The van der Waals surface area contributed by atoms with Gasteiger partial charge in [0.1, 0.15) is 0 Å². The number of carbonyl (C=O) groups is 1. The maximum Gasteiger partial charge on any atom is 0.304 e. The Morgan fingerprint density at radius 1 is 1.57 bits per heavy atom. The number of nitrogens with two attached hydrogens (primary N) is 1. The van der Waals surface area contributed by atoms with E-state index in [1.54, 1.807) is 13.8 Å². The zero-order chi connectivity index (χ0) is 11.4. The maximum atomic E-state index is 10.5. The number of carboxylic acid groups (broad SMARTS) is 1. The molecule has 0 saturated heterocycles. The number of hydrazine groups is 1. The Hall–Kier alpha value is -1.30. The van der Waals surface area contributed by atoms with Crippen LogP contribution < -0.4 is 16.6 Å². The van der Waals surface area contributed by atoms with Crippen LogP contribution in [-0.2, 0) is 4.79 Å². The molecular formula is C8H15N3O2S. The molecule has 0 spiro atoms. The van der Waals surface area contributed by atoms with Crippen molar-refractivity contribution in [1.82, 2.24) is 10.9 Å². The summed E-state index contributed by atoms with van der Waals surface area (Å²) in [7, 11) is 0. The van der Waals surface area contributed by atoms with E-state index in [4.69, 9.17) is 10.8 Å². The highest BCUT2D eigenvalue weighted by molar-refractivity contribution is 7.80. The van der Waals surface area contributed by atoms with Crippen molar-refractivity contribution < 1.29 is 9.90 Å². The van der Waals surface area contributed by atoms with Gasteiger partial charge in [0, 0.05) is 11.1 Å². The molecule has 14 heavy (non-hydrogen) atoms. The molecule has 0 aromatic carbocycles. The lowest BCUT2D eigenvalue weighted by molar-refractivity contribution is -0.138. The summed E-state index contributed by atoms with van der Waals surface area (Å²) in [6.07, 6.45) is -0.0160. The standard InChI is InChI=1S/C8H15N3O2S/c1-5(10-11-7(9)14)8(2,3)4-6(12)13/h10H,1,4H2,2-3H3,(H,12,13)(H3,9,11,14). The maximum absolute atomic E-state index is 10.5. The highest BCUT2D eigenvalue weighted by Crippen LogP contribution is 2.26. The van der Waals surface area contributed by atoms with Crippen LogP contribution >= 0.6 is 12.2 Å². The fraction of sp³-hybridized carbons (Fsp3) is 0.500.